The lowest BCUT2D eigenvalue weighted by atomic mass is 10.1. The Hall–Kier alpha value is -1.48. The van der Waals surface area contributed by atoms with Crippen molar-refractivity contribution in [2.45, 2.75) is 12.7 Å². The molecular weight excluding hydrogens is 232 g/mol. The van der Waals surface area contributed by atoms with E-state index >= 15 is 0 Å². The molecular formula is C14H14O2S. The first-order chi connectivity index (χ1) is 8.25. The number of aryl methyl sites for hydroxylation is 1. The third-order valence-electron chi connectivity index (χ3n) is 2.43. The Balaban J connectivity index is 1.83. The Labute approximate surface area is 105 Å². The van der Waals surface area contributed by atoms with Crippen LogP contribution in [0.25, 0.3) is 0 Å². The zero-order valence-electron chi connectivity index (χ0n) is 9.68. The van der Waals surface area contributed by atoms with E-state index in [0.29, 0.717) is 5.75 Å². The SMILES string of the molecule is Cc1ccc(C(=O)CSCc2ccco2)cc1. The number of carbonyl (C=O) groups excluding carboxylic acids is 1. The van der Waals surface area contributed by atoms with Gasteiger partial charge in [-0.3, -0.25) is 4.79 Å². The fourth-order valence-corrected chi connectivity index (χ4v) is 2.28. The molecule has 2 aromatic rings. The largest absolute Gasteiger partial charge is 0.468 e. The first-order valence-electron chi connectivity index (χ1n) is 5.46. The van der Waals surface area contributed by atoms with Gasteiger partial charge in [0, 0.05) is 5.56 Å². The zero-order chi connectivity index (χ0) is 12.1. The molecule has 0 amide bonds. The molecule has 0 unspecified atom stereocenters. The van der Waals surface area contributed by atoms with Crippen LogP contribution in [0.1, 0.15) is 21.7 Å². The maximum absolute atomic E-state index is 11.8. The lowest BCUT2D eigenvalue weighted by molar-refractivity contribution is 0.102. The summed E-state index contributed by atoms with van der Waals surface area (Å²) in [6, 6.07) is 11.5. The van der Waals surface area contributed by atoms with Crippen LogP contribution in [0.3, 0.4) is 0 Å². The summed E-state index contributed by atoms with van der Waals surface area (Å²) in [7, 11) is 0. The van der Waals surface area contributed by atoms with Gasteiger partial charge in [-0.05, 0) is 19.1 Å². The monoisotopic (exact) mass is 246 g/mol. The molecule has 0 aliphatic carbocycles. The number of benzene rings is 1. The highest BCUT2D eigenvalue weighted by Gasteiger charge is 2.06. The Morgan fingerprint density at radius 3 is 2.65 bits per heavy atom. The number of thioether (sulfide) groups is 1. The lowest BCUT2D eigenvalue weighted by Gasteiger charge is -2.01. The minimum atomic E-state index is 0.168. The van der Waals surface area contributed by atoms with E-state index in [1.807, 2.05) is 43.3 Å². The Morgan fingerprint density at radius 1 is 1.24 bits per heavy atom. The van der Waals surface area contributed by atoms with Gasteiger partial charge in [-0.2, -0.15) is 0 Å². The molecule has 0 fully saturated rings. The molecule has 0 aliphatic heterocycles. The number of rotatable bonds is 5. The molecule has 0 atom stereocenters. The summed E-state index contributed by atoms with van der Waals surface area (Å²) in [5.74, 6) is 2.31. The predicted octanol–water partition coefficient (Wildman–Crippen LogP) is 3.70. The van der Waals surface area contributed by atoms with Crippen LogP contribution in [0.5, 0.6) is 0 Å². The van der Waals surface area contributed by atoms with E-state index < -0.39 is 0 Å². The molecule has 1 heterocycles. The van der Waals surface area contributed by atoms with Crippen molar-refractivity contribution < 1.29 is 9.21 Å². The molecule has 1 aromatic carbocycles. The molecule has 0 saturated carbocycles. The van der Waals surface area contributed by atoms with Crippen molar-refractivity contribution >= 4 is 17.5 Å². The van der Waals surface area contributed by atoms with E-state index in [2.05, 4.69) is 0 Å². The van der Waals surface area contributed by atoms with Crippen LogP contribution in [0.4, 0.5) is 0 Å². The van der Waals surface area contributed by atoms with E-state index in [0.717, 1.165) is 17.1 Å². The van der Waals surface area contributed by atoms with E-state index in [4.69, 9.17) is 4.42 Å². The number of hydrogen-bond donors (Lipinski definition) is 0. The lowest BCUT2D eigenvalue weighted by Crippen LogP contribution is -2.02. The van der Waals surface area contributed by atoms with Gasteiger partial charge in [-0.25, -0.2) is 0 Å². The van der Waals surface area contributed by atoms with E-state index in [-0.39, 0.29) is 5.78 Å². The van der Waals surface area contributed by atoms with E-state index in [1.54, 1.807) is 18.0 Å². The second-order valence-corrected chi connectivity index (χ2v) is 4.85. The second kappa shape index (κ2) is 5.73. The van der Waals surface area contributed by atoms with Crippen LogP contribution < -0.4 is 0 Å². The van der Waals surface area contributed by atoms with Crippen LogP contribution in [-0.4, -0.2) is 11.5 Å². The molecule has 2 rings (SSSR count). The van der Waals surface area contributed by atoms with Crippen molar-refractivity contribution in [3.05, 3.63) is 59.5 Å². The second-order valence-electron chi connectivity index (χ2n) is 3.86. The summed E-state index contributed by atoms with van der Waals surface area (Å²) in [6.45, 7) is 2.01. The van der Waals surface area contributed by atoms with Crippen molar-refractivity contribution in [1.82, 2.24) is 0 Å². The molecule has 0 radical (unpaired) electrons. The van der Waals surface area contributed by atoms with Gasteiger partial charge in [-0.1, -0.05) is 29.8 Å². The smallest absolute Gasteiger partial charge is 0.172 e. The van der Waals surface area contributed by atoms with Crippen molar-refractivity contribution in [2.24, 2.45) is 0 Å². The predicted molar refractivity (Wildman–Crippen MR) is 70.4 cm³/mol. The van der Waals surface area contributed by atoms with Crippen LogP contribution in [0.2, 0.25) is 0 Å². The molecule has 3 heteroatoms. The fraction of sp³-hybridized carbons (Fsp3) is 0.214. The van der Waals surface area contributed by atoms with Crippen LogP contribution in [0, 0.1) is 6.92 Å². The quantitative estimate of drug-likeness (QED) is 0.753. The summed E-state index contributed by atoms with van der Waals surface area (Å²) in [5.41, 5.74) is 1.95. The van der Waals surface area contributed by atoms with Gasteiger partial charge in [0.25, 0.3) is 0 Å². The Bertz CT molecular complexity index is 471. The maximum atomic E-state index is 11.8. The molecule has 0 saturated heterocycles. The average Bonchev–Trinajstić information content (AvgIpc) is 2.83. The third kappa shape index (κ3) is 3.49. The summed E-state index contributed by atoms with van der Waals surface area (Å²) in [4.78, 5) is 11.8. The van der Waals surface area contributed by atoms with Gasteiger partial charge in [0.05, 0.1) is 17.8 Å². The standard InChI is InChI=1S/C14H14O2S/c1-11-4-6-12(7-5-11)14(15)10-17-9-13-3-2-8-16-13/h2-8H,9-10H2,1H3. The first kappa shape index (κ1) is 12.0. The maximum Gasteiger partial charge on any atom is 0.172 e. The molecule has 1 aromatic heterocycles. The molecule has 88 valence electrons. The Morgan fingerprint density at radius 2 is 2.00 bits per heavy atom. The van der Waals surface area contributed by atoms with Crippen LogP contribution in [0.15, 0.2) is 47.1 Å². The number of furan rings is 1. The van der Waals surface area contributed by atoms with Gasteiger partial charge in [0.1, 0.15) is 5.76 Å². The van der Waals surface area contributed by atoms with Crippen LogP contribution in [-0.2, 0) is 5.75 Å². The first-order valence-corrected chi connectivity index (χ1v) is 6.61. The number of hydrogen-bond acceptors (Lipinski definition) is 3. The summed E-state index contributed by atoms with van der Waals surface area (Å²) in [6.07, 6.45) is 1.65. The minimum absolute atomic E-state index is 0.168. The van der Waals surface area contributed by atoms with Crippen LogP contribution >= 0.6 is 11.8 Å². The van der Waals surface area contributed by atoms with Crippen molar-refractivity contribution in [3.8, 4) is 0 Å². The van der Waals surface area contributed by atoms with Gasteiger partial charge in [0.15, 0.2) is 5.78 Å². The molecule has 17 heavy (non-hydrogen) atoms. The zero-order valence-corrected chi connectivity index (χ0v) is 10.5. The van der Waals surface area contributed by atoms with E-state index in [9.17, 15) is 4.79 Å². The number of Topliss-reactive ketones (excluding diaryl/α,β-unsaturated/α-hetero) is 1. The van der Waals surface area contributed by atoms with Crippen molar-refractivity contribution in [2.75, 3.05) is 5.75 Å². The highest BCUT2D eigenvalue weighted by Crippen LogP contribution is 2.14. The molecule has 0 bridgehead atoms. The highest BCUT2D eigenvalue weighted by atomic mass is 32.2. The summed E-state index contributed by atoms with van der Waals surface area (Å²) >= 11 is 1.57. The van der Waals surface area contributed by atoms with Gasteiger partial charge >= 0.3 is 0 Å². The Kier molecular flexibility index (Phi) is 4.04. The summed E-state index contributed by atoms with van der Waals surface area (Å²) < 4.78 is 5.20. The highest BCUT2D eigenvalue weighted by molar-refractivity contribution is 7.99. The van der Waals surface area contributed by atoms with Crippen molar-refractivity contribution in [1.29, 1.82) is 0 Å². The minimum Gasteiger partial charge on any atom is -0.468 e. The average molecular weight is 246 g/mol. The topological polar surface area (TPSA) is 30.2 Å². The molecule has 0 aliphatic rings. The van der Waals surface area contributed by atoms with E-state index in [1.165, 1.54) is 5.56 Å². The fourth-order valence-electron chi connectivity index (χ4n) is 1.46. The van der Waals surface area contributed by atoms with Gasteiger partial charge in [0.2, 0.25) is 0 Å². The summed E-state index contributed by atoms with van der Waals surface area (Å²) in [5, 5.41) is 0. The number of carbonyl (C=O) groups is 1. The van der Waals surface area contributed by atoms with Gasteiger partial charge < -0.3 is 4.42 Å². The normalized spacial score (nSPS) is 10.4. The molecule has 0 N–H and O–H groups in total. The number of ketones is 1. The van der Waals surface area contributed by atoms with Crippen molar-refractivity contribution in [3.63, 3.8) is 0 Å². The molecule has 0 spiro atoms. The molecule has 2 nitrogen and oxygen atoms in total. The third-order valence-corrected chi connectivity index (χ3v) is 3.39. The van der Waals surface area contributed by atoms with Gasteiger partial charge in [-0.15, -0.1) is 11.8 Å².